The van der Waals surface area contributed by atoms with Gasteiger partial charge < -0.3 is 9.74 Å². The van der Waals surface area contributed by atoms with Gasteiger partial charge >= 0.3 is 6.18 Å². The molecule has 0 aromatic heterocycles. The number of nitrogens with one attached hydrogen (secondary N) is 1. The van der Waals surface area contributed by atoms with E-state index in [0.29, 0.717) is 0 Å². The maximum atomic E-state index is 13.6. The van der Waals surface area contributed by atoms with Gasteiger partial charge in [0.15, 0.2) is 5.78 Å². The Bertz CT molecular complexity index is 1070. The van der Waals surface area contributed by atoms with Crippen LogP contribution in [-0.4, -0.2) is 27.3 Å². The molecule has 0 heterocycles. The molecule has 0 bridgehead atoms. The third-order valence-corrected chi connectivity index (χ3v) is 10.9. The van der Waals surface area contributed by atoms with Gasteiger partial charge in [-0.25, -0.2) is 0 Å². The average Bonchev–Trinajstić information content (AvgIpc) is 2.78. The van der Waals surface area contributed by atoms with E-state index in [4.69, 9.17) is 4.43 Å². The van der Waals surface area contributed by atoms with Gasteiger partial charge in [-0.3, -0.25) is 4.79 Å². The Morgan fingerprint density at radius 3 is 1.82 bits per heavy atom. The van der Waals surface area contributed by atoms with Gasteiger partial charge in [-0.05, 0) is 34.5 Å². The van der Waals surface area contributed by atoms with E-state index in [0.717, 1.165) is 16.4 Å². The van der Waals surface area contributed by atoms with Crippen molar-refractivity contribution in [1.82, 2.24) is 0 Å². The van der Waals surface area contributed by atoms with Gasteiger partial charge in [-0.2, -0.15) is 13.2 Å². The van der Waals surface area contributed by atoms with Gasteiger partial charge in [-0.1, -0.05) is 87.5 Å². The highest BCUT2D eigenvalue weighted by Gasteiger charge is 2.50. The highest BCUT2D eigenvalue weighted by molar-refractivity contribution is 6.99. The second-order valence-corrected chi connectivity index (χ2v) is 13.5. The fraction of sp³-hybridized carbons (Fsp3) is 0.296. The molecule has 3 rings (SSSR count). The first-order valence-electron chi connectivity index (χ1n) is 11.2. The fourth-order valence-corrected chi connectivity index (χ4v) is 8.98. The Hall–Kier alpha value is -2.90. The summed E-state index contributed by atoms with van der Waals surface area (Å²) in [4.78, 5) is 12.0. The minimum atomic E-state index is -4.58. The Kier molecular flexibility index (Phi) is 7.68. The molecule has 0 radical (unpaired) electrons. The molecule has 0 unspecified atom stereocenters. The van der Waals surface area contributed by atoms with Crippen LogP contribution in [0.15, 0.2) is 78.9 Å². The molecule has 0 fully saturated rings. The third kappa shape index (κ3) is 5.26. The van der Waals surface area contributed by atoms with Gasteiger partial charge in [0.25, 0.3) is 8.32 Å². The lowest BCUT2D eigenvalue weighted by molar-refractivity contribution is -0.137. The first kappa shape index (κ1) is 25.7. The van der Waals surface area contributed by atoms with Gasteiger partial charge in [0.1, 0.15) is 0 Å². The first-order chi connectivity index (χ1) is 16.0. The predicted octanol–water partition coefficient (Wildman–Crippen LogP) is 5.90. The summed E-state index contributed by atoms with van der Waals surface area (Å²) in [5, 5.41) is 4.79. The number of rotatable bonds is 8. The van der Waals surface area contributed by atoms with Crippen molar-refractivity contribution in [3.8, 4) is 0 Å². The van der Waals surface area contributed by atoms with E-state index in [1.807, 2.05) is 36.4 Å². The van der Waals surface area contributed by atoms with E-state index < -0.39 is 25.8 Å². The minimum absolute atomic E-state index is 0.0141. The monoisotopic (exact) mass is 485 g/mol. The molecule has 180 valence electrons. The Morgan fingerprint density at radius 2 is 1.38 bits per heavy atom. The fourth-order valence-electron chi connectivity index (χ4n) is 4.41. The molecule has 3 aromatic rings. The number of anilines is 1. The average molecular weight is 486 g/mol. The van der Waals surface area contributed by atoms with Crippen molar-refractivity contribution in [3.63, 3.8) is 0 Å². The quantitative estimate of drug-likeness (QED) is 0.245. The van der Waals surface area contributed by atoms with Crippen molar-refractivity contribution in [2.24, 2.45) is 0 Å². The van der Waals surface area contributed by atoms with Crippen molar-refractivity contribution >= 4 is 30.2 Å². The van der Waals surface area contributed by atoms with Crippen LogP contribution in [0, 0.1) is 0 Å². The molecule has 0 saturated heterocycles. The van der Waals surface area contributed by atoms with E-state index in [1.54, 1.807) is 0 Å². The molecule has 1 N–H and O–H groups in total. The van der Waals surface area contributed by atoms with Crippen LogP contribution in [0.5, 0.6) is 0 Å². The van der Waals surface area contributed by atoms with Gasteiger partial charge in [0.05, 0.1) is 17.9 Å². The topological polar surface area (TPSA) is 38.3 Å². The molecule has 34 heavy (non-hydrogen) atoms. The van der Waals surface area contributed by atoms with E-state index >= 15 is 0 Å². The number of ketones is 1. The minimum Gasteiger partial charge on any atom is -0.406 e. The predicted molar refractivity (Wildman–Crippen MR) is 134 cm³/mol. The van der Waals surface area contributed by atoms with Crippen LogP contribution in [0.3, 0.4) is 0 Å². The summed E-state index contributed by atoms with van der Waals surface area (Å²) in [5.41, 5.74) is -1.04. The molecule has 3 nitrogen and oxygen atoms in total. The van der Waals surface area contributed by atoms with Crippen LogP contribution >= 0.6 is 0 Å². The van der Waals surface area contributed by atoms with Crippen LogP contribution in [0.25, 0.3) is 0 Å². The Labute approximate surface area is 200 Å². The number of para-hydroxylation sites is 1. The number of Topliss-reactive ketones (excluding diaryl/α,β-unsaturated/α-hetero) is 1. The summed E-state index contributed by atoms with van der Waals surface area (Å²) in [6.07, 6.45) is -4.58. The first-order valence-corrected chi connectivity index (χ1v) is 13.1. The molecule has 0 aliphatic heterocycles. The molecular weight excluding hydrogens is 455 g/mol. The summed E-state index contributed by atoms with van der Waals surface area (Å²) >= 11 is 0. The normalized spacial score (nSPS) is 12.4. The van der Waals surface area contributed by atoms with Gasteiger partial charge in [-0.15, -0.1) is 0 Å². The van der Waals surface area contributed by atoms with Crippen molar-refractivity contribution < 1.29 is 22.4 Å². The van der Waals surface area contributed by atoms with E-state index in [2.05, 4.69) is 50.4 Å². The number of halogens is 3. The molecule has 0 spiro atoms. The molecule has 0 atom stereocenters. The number of benzene rings is 3. The number of alkyl halides is 3. The van der Waals surface area contributed by atoms with Crippen LogP contribution < -0.4 is 15.7 Å². The van der Waals surface area contributed by atoms with E-state index in [-0.39, 0.29) is 29.4 Å². The van der Waals surface area contributed by atoms with Gasteiger partial charge in [0.2, 0.25) is 0 Å². The number of hydrogen-bond donors (Lipinski definition) is 1. The molecule has 7 heteroatoms. The van der Waals surface area contributed by atoms with Crippen molar-refractivity contribution in [3.05, 3.63) is 90.0 Å². The standard InChI is InChI=1S/C27H30F3NO2Si/c1-20(32)23-16-11-17-24(27(28,29)30)25(23)31-18-19-33-34(26(2,3)4,21-12-7-5-8-13-21)22-14-9-6-10-15-22/h5-17,31H,18-19H2,1-4H3. The van der Waals surface area contributed by atoms with Crippen molar-refractivity contribution in [2.45, 2.75) is 38.9 Å². The smallest absolute Gasteiger partial charge is 0.406 e. The SMILES string of the molecule is CC(=O)c1cccc(C(F)(F)F)c1NCCO[Si](c1ccccc1)(c1ccccc1)C(C)(C)C. The van der Waals surface area contributed by atoms with Crippen LogP contribution in [0.4, 0.5) is 18.9 Å². The number of carbonyl (C=O) groups is 1. The Morgan fingerprint density at radius 1 is 0.853 bits per heavy atom. The van der Waals surface area contributed by atoms with Crippen molar-refractivity contribution in [2.75, 3.05) is 18.5 Å². The van der Waals surface area contributed by atoms with E-state index in [1.165, 1.54) is 19.1 Å². The molecule has 3 aromatic carbocycles. The maximum Gasteiger partial charge on any atom is 0.418 e. The molecule has 0 saturated carbocycles. The lowest BCUT2D eigenvalue weighted by atomic mass is 10.0. The van der Waals surface area contributed by atoms with Crippen LogP contribution in [0.1, 0.15) is 43.6 Å². The lowest BCUT2D eigenvalue weighted by Crippen LogP contribution is -2.66. The van der Waals surface area contributed by atoms with Gasteiger partial charge in [0, 0.05) is 12.1 Å². The molecule has 0 aliphatic carbocycles. The maximum absolute atomic E-state index is 13.6. The largest absolute Gasteiger partial charge is 0.418 e. The zero-order chi connectivity index (χ0) is 25.0. The molecular formula is C27H30F3NO2Si. The lowest BCUT2D eigenvalue weighted by Gasteiger charge is -2.43. The molecule has 0 aliphatic rings. The second-order valence-electron chi connectivity index (χ2n) is 9.22. The summed E-state index contributed by atoms with van der Waals surface area (Å²) in [6, 6.07) is 23.7. The highest BCUT2D eigenvalue weighted by atomic mass is 28.4. The summed E-state index contributed by atoms with van der Waals surface area (Å²) in [5.74, 6) is -0.429. The molecule has 0 amide bonds. The number of carbonyl (C=O) groups excluding carboxylic acids is 1. The summed E-state index contributed by atoms with van der Waals surface area (Å²) < 4.78 is 47.6. The number of hydrogen-bond acceptors (Lipinski definition) is 3. The summed E-state index contributed by atoms with van der Waals surface area (Å²) in [7, 11) is -2.80. The zero-order valence-corrected chi connectivity index (χ0v) is 20.9. The van der Waals surface area contributed by atoms with Crippen LogP contribution in [0.2, 0.25) is 5.04 Å². The van der Waals surface area contributed by atoms with E-state index in [9.17, 15) is 18.0 Å². The van der Waals surface area contributed by atoms with Crippen LogP contribution in [-0.2, 0) is 10.6 Å². The third-order valence-electron chi connectivity index (χ3n) is 5.89. The van der Waals surface area contributed by atoms with Crippen molar-refractivity contribution in [1.29, 1.82) is 0 Å². The zero-order valence-electron chi connectivity index (χ0n) is 19.9. The summed E-state index contributed by atoms with van der Waals surface area (Å²) in [6.45, 7) is 7.98. The Balaban J connectivity index is 1.94. The second kappa shape index (κ2) is 10.2. The highest BCUT2D eigenvalue weighted by Crippen LogP contribution is 2.38.